The minimum atomic E-state index is -0.623. The van der Waals surface area contributed by atoms with Crippen LogP contribution in [0.2, 0.25) is 0 Å². The Morgan fingerprint density at radius 2 is 2.00 bits per heavy atom. The first-order valence-electron chi connectivity index (χ1n) is 6.52. The summed E-state index contributed by atoms with van der Waals surface area (Å²) in [5, 5.41) is 9.84. The third kappa shape index (κ3) is 3.96. The Bertz CT molecular complexity index is 271. The van der Waals surface area contributed by atoms with Crippen LogP contribution in [0.3, 0.4) is 0 Å². The zero-order valence-electron chi connectivity index (χ0n) is 11.3. The van der Waals surface area contributed by atoms with Crippen LogP contribution >= 0.6 is 0 Å². The molecule has 0 spiro atoms. The molecule has 1 saturated heterocycles. The molecule has 3 N–H and O–H groups in total. The van der Waals surface area contributed by atoms with Crippen LogP contribution < -0.4 is 5.73 Å². The van der Waals surface area contributed by atoms with Gasteiger partial charge in [0.15, 0.2) is 0 Å². The molecule has 100 valence electrons. The van der Waals surface area contributed by atoms with Gasteiger partial charge in [-0.2, -0.15) is 0 Å². The van der Waals surface area contributed by atoms with E-state index in [2.05, 4.69) is 13.8 Å². The molecule has 0 aromatic heterocycles. The van der Waals surface area contributed by atoms with Gasteiger partial charge < -0.3 is 15.7 Å². The predicted molar refractivity (Wildman–Crippen MR) is 68.5 cm³/mol. The summed E-state index contributed by atoms with van der Waals surface area (Å²) in [6.07, 6.45) is 3.09. The summed E-state index contributed by atoms with van der Waals surface area (Å²) in [5.41, 5.74) is 5.06. The number of hydrogen-bond donors (Lipinski definition) is 2. The van der Waals surface area contributed by atoms with Crippen LogP contribution in [0.4, 0.5) is 0 Å². The second kappa shape index (κ2) is 5.36. The number of amides is 1. The quantitative estimate of drug-likeness (QED) is 0.733. The molecular weight excluding hydrogens is 216 g/mol. The number of hydrogen-bond acceptors (Lipinski definition) is 3. The highest BCUT2D eigenvalue weighted by molar-refractivity contribution is 5.77. The van der Waals surface area contributed by atoms with Crippen LogP contribution in [-0.4, -0.2) is 41.1 Å². The van der Waals surface area contributed by atoms with E-state index >= 15 is 0 Å². The average Bonchev–Trinajstić information content (AvgIpc) is 2.21. The zero-order valence-corrected chi connectivity index (χ0v) is 11.3. The third-order valence-corrected chi connectivity index (χ3v) is 3.82. The fraction of sp³-hybridized carbons (Fsp3) is 0.923. The molecule has 0 atom stereocenters. The van der Waals surface area contributed by atoms with E-state index in [-0.39, 0.29) is 11.3 Å². The summed E-state index contributed by atoms with van der Waals surface area (Å²) in [6.45, 7) is 7.91. The van der Waals surface area contributed by atoms with E-state index in [1.807, 2.05) is 6.92 Å². The summed E-state index contributed by atoms with van der Waals surface area (Å²) < 4.78 is 0. The fourth-order valence-corrected chi connectivity index (χ4v) is 2.18. The lowest BCUT2D eigenvalue weighted by molar-refractivity contribution is -0.156. The molecule has 1 aliphatic rings. The lowest BCUT2D eigenvalue weighted by atomic mass is 9.83. The van der Waals surface area contributed by atoms with E-state index in [4.69, 9.17) is 5.73 Å². The number of nitrogens with two attached hydrogens (primary N) is 1. The molecule has 1 fully saturated rings. The number of likely N-dealkylation sites (tertiary alicyclic amines) is 1. The number of rotatable bonds is 6. The normalized spacial score (nSPS) is 19.0. The average molecular weight is 242 g/mol. The van der Waals surface area contributed by atoms with E-state index in [9.17, 15) is 9.90 Å². The molecule has 1 amide bonds. The molecule has 0 radical (unpaired) electrons. The van der Waals surface area contributed by atoms with E-state index in [0.29, 0.717) is 26.1 Å². The smallest absolute Gasteiger partial charge is 0.222 e. The van der Waals surface area contributed by atoms with Gasteiger partial charge in [0.1, 0.15) is 0 Å². The molecule has 0 aliphatic carbocycles. The molecule has 0 aromatic carbocycles. The van der Waals surface area contributed by atoms with Gasteiger partial charge >= 0.3 is 0 Å². The Kier molecular flexibility index (Phi) is 4.55. The Morgan fingerprint density at radius 1 is 1.41 bits per heavy atom. The van der Waals surface area contributed by atoms with Crippen molar-refractivity contribution in [1.29, 1.82) is 0 Å². The van der Waals surface area contributed by atoms with Crippen LogP contribution in [-0.2, 0) is 4.79 Å². The fourth-order valence-electron chi connectivity index (χ4n) is 2.18. The third-order valence-electron chi connectivity index (χ3n) is 3.82. The highest BCUT2D eigenvalue weighted by atomic mass is 16.3. The first kappa shape index (κ1) is 14.5. The number of carbonyl (C=O) groups is 1. The lowest BCUT2D eigenvalue weighted by Crippen LogP contribution is -2.63. The Morgan fingerprint density at radius 3 is 2.47 bits per heavy atom. The Labute approximate surface area is 104 Å². The molecule has 1 aliphatic heterocycles. The van der Waals surface area contributed by atoms with Gasteiger partial charge in [0.2, 0.25) is 5.91 Å². The molecule has 4 nitrogen and oxygen atoms in total. The standard InChI is InChI=1S/C13H26N2O2/c1-4-13(17)9-15(10-13)11(16)5-6-12(2,3)7-8-14/h17H,4-10,14H2,1-3H3. The molecule has 4 heteroatoms. The van der Waals surface area contributed by atoms with Gasteiger partial charge in [0.05, 0.1) is 18.7 Å². The zero-order chi connectivity index (χ0) is 13.1. The summed E-state index contributed by atoms with van der Waals surface area (Å²) in [5.74, 6) is 0.160. The van der Waals surface area contributed by atoms with Gasteiger partial charge in [-0.1, -0.05) is 20.8 Å². The van der Waals surface area contributed by atoms with Crippen molar-refractivity contribution in [2.24, 2.45) is 11.1 Å². The SMILES string of the molecule is CCC1(O)CN(C(=O)CCC(C)(C)CCN)C1. The maximum Gasteiger partial charge on any atom is 0.222 e. The van der Waals surface area contributed by atoms with Crippen molar-refractivity contribution in [3.63, 3.8) is 0 Å². The van der Waals surface area contributed by atoms with Crippen LogP contribution in [0.1, 0.15) is 46.5 Å². The van der Waals surface area contributed by atoms with Crippen molar-refractivity contribution in [2.75, 3.05) is 19.6 Å². The van der Waals surface area contributed by atoms with E-state index in [1.165, 1.54) is 0 Å². The van der Waals surface area contributed by atoms with Crippen molar-refractivity contribution in [1.82, 2.24) is 4.90 Å². The largest absolute Gasteiger partial charge is 0.386 e. The molecular formula is C13H26N2O2. The highest BCUT2D eigenvalue weighted by Crippen LogP contribution is 2.29. The van der Waals surface area contributed by atoms with Gasteiger partial charge in [0.25, 0.3) is 0 Å². The summed E-state index contributed by atoms with van der Waals surface area (Å²) in [7, 11) is 0. The number of nitrogens with zero attached hydrogens (tertiary/aromatic N) is 1. The monoisotopic (exact) mass is 242 g/mol. The molecule has 0 bridgehead atoms. The lowest BCUT2D eigenvalue weighted by Gasteiger charge is -2.46. The maximum absolute atomic E-state index is 11.9. The van der Waals surface area contributed by atoms with Crippen molar-refractivity contribution < 1.29 is 9.90 Å². The predicted octanol–water partition coefficient (Wildman–Crippen LogP) is 1.12. The van der Waals surface area contributed by atoms with E-state index < -0.39 is 5.60 Å². The highest BCUT2D eigenvalue weighted by Gasteiger charge is 2.41. The number of β-amino-alcohol motifs (C(OH)–C–C–N with tert-alkyl or cyclic N) is 1. The summed E-state index contributed by atoms with van der Waals surface area (Å²) in [4.78, 5) is 13.6. The van der Waals surface area contributed by atoms with E-state index in [1.54, 1.807) is 4.90 Å². The maximum atomic E-state index is 11.9. The van der Waals surface area contributed by atoms with Crippen LogP contribution in [0.25, 0.3) is 0 Å². The summed E-state index contributed by atoms with van der Waals surface area (Å²) >= 11 is 0. The minimum absolute atomic E-state index is 0.135. The van der Waals surface area contributed by atoms with Crippen molar-refractivity contribution in [3.8, 4) is 0 Å². The molecule has 0 saturated carbocycles. The van der Waals surface area contributed by atoms with Crippen LogP contribution in [0.5, 0.6) is 0 Å². The van der Waals surface area contributed by atoms with Gasteiger partial charge in [-0.15, -0.1) is 0 Å². The molecule has 1 heterocycles. The van der Waals surface area contributed by atoms with E-state index in [0.717, 1.165) is 19.3 Å². The second-order valence-corrected chi connectivity index (χ2v) is 6.03. The van der Waals surface area contributed by atoms with Crippen molar-refractivity contribution in [3.05, 3.63) is 0 Å². The number of aliphatic hydroxyl groups is 1. The first-order valence-corrected chi connectivity index (χ1v) is 6.52. The molecule has 1 rings (SSSR count). The summed E-state index contributed by atoms with van der Waals surface area (Å²) in [6, 6.07) is 0. The molecule has 0 aromatic rings. The second-order valence-electron chi connectivity index (χ2n) is 6.03. The molecule has 0 unspecified atom stereocenters. The topological polar surface area (TPSA) is 66.6 Å². The van der Waals surface area contributed by atoms with Gasteiger partial charge in [-0.25, -0.2) is 0 Å². The van der Waals surface area contributed by atoms with Crippen LogP contribution in [0, 0.1) is 5.41 Å². The van der Waals surface area contributed by atoms with Gasteiger partial charge in [0, 0.05) is 6.42 Å². The first-order chi connectivity index (χ1) is 7.82. The minimum Gasteiger partial charge on any atom is -0.386 e. The van der Waals surface area contributed by atoms with Crippen molar-refractivity contribution in [2.45, 2.75) is 52.1 Å². The van der Waals surface area contributed by atoms with Gasteiger partial charge in [-0.05, 0) is 31.2 Å². The Hall–Kier alpha value is -0.610. The Balaban J connectivity index is 2.28. The van der Waals surface area contributed by atoms with Gasteiger partial charge in [-0.3, -0.25) is 4.79 Å². The van der Waals surface area contributed by atoms with Crippen LogP contribution in [0.15, 0.2) is 0 Å². The molecule has 17 heavy (non-hydrogen) atoms. The van der Waals surface area contributed by atoms with Crippen molar-refractivity contribution >= 4 is 5.91 Å². The number of carbonyl (C=O) groups excluding carboxylic acids is 1.